The van der Waals surface area contributed by atoms with Gasteiger partial charge in [-0.15, -0.1) is 0 Å². The van der Waals surface area contributed by atoms with Crippen molar-refractivity contribution in [2.45, 2.75) is 32.4 Å². The van der Waals surface area contributed by atoms with Gasteiger partial charge in [-0.3, -0.25) is 0 Å². The summed E-state index contributed by atoms with van der Waals surface area (Å²) in [5, 5.41) is -0.412. The highest BCUT2D eigenvalue weighted by Gasteiger charge is 2.40. The van der Waals surface area contributed by atoms with Crippen LogP contribution >= 0.6 is 11.6 Å². The minimum Gasteiger partial charge on any atom is -0.384 e. The molecule has 1 aromatic heterocycles. The first-order valence-corrected chi connectivity index (χ1v) is 4.95. The van der Waals surface area contributed by atoms with E-state index in [2.05, 4.69) is 4.98 Å². The predicted octanol–water partition coefficient (Wildman–Crippen LogP) is 3.63. The summed E-state index contributed by atoms with van der Waals surface area (Å²) in [4.78, 5) is 3.75. The van der Waals surface area contributed by atoms with Crippen molar-refractivity contribution in [1.29, 1.82) is 0 Å². The van der Waals surface area contributed by atoms with Crippen molar-refractivity contribution in [3.8, 4) is 0 Å². The molecule has 0 fully saturated rings. The number of pyridine rings is 1. The van der Waals surface area contributed by atoms with Crippen LogP contribution in [0, 0.1) is 0 Å². The molecule has 0 aliphatic carbocycles. The van der Waals surface area contributed by atoms with Crippen molar-refractivity contribution < 1.29 is 13.2 Å². The Morgan fingerprint density at radius 2 is 1.75 bits per heavy atom. The number of nitrogens with zero attached hydrogens (tertiary/aromatic N) is 1. The number of nitrogen functional groups attached to an aromatic ring is 1. The first-order chi connectivity index (χ1) is 7.03. The fourth-order valence-electron chi connectivity index (χ4n) is 1.34. The van der Waals surface area contributed by atoms with Crippen LogP contribution in [-0.2, 0) is 11.6 Å². The molecule has 1 rings (SSSR count). The number of aromatic nitrogens is 1. The topological polar surface area (TPSA) is 38.9 Å². The summed E-state index contributed by atoms with van der Waals surface area (Å²) in [5.41, 5.74) is 3.59. The van der Waals surface area contributed by atoms with Crippen LogP contribution in [0.3, 0.4) is 0 Å². The van der Waals surface area contributed by atoms with Crippen LogP contribution in [0.25, 0.3) is 0 Å². The van der Waals surface area contributed by atoms with Gasteiger partial charge in [-0.1, -0.05) is 32.4 Å². The monoisotopic (exact) mass is 252 g/mol. The maximum Gasteiger partial charge on any atom is 0.419 e. The van der Waals surface area contributed by atoms with Gasteiger partial charge in [-0.25, -0.2) is 4.98 Å². The quantitative estimate of drug-likeness (QED) is 0.766. The van der Waals surface area contributed by atoms with Crippen LogP contribution in [0.5, 0.6) is 0 Å². The van der Waals surface area contributed by atoms with Crippen molar-refractivity contribution in [2.24, 2.45) is 0 Å². The van der Waals surface area contributed by atoms with E-state index >= 15 is 0 Å². The number of hydrogen-bond acceptors (Lipinski definition) is 2. The third kappa shape index (κ3) is 2.58. The Balaban J connectivity index is 3.58. The molecule has 0 unspecified atom stereocenters. The third-order valence-electron chi connectivity index (χ3n) is 1.99. The molecule has 0 atom stereocenters. The molecular weight excluding hydrogens is 241 g/mol. The van der Waals surface area contributed by atoms with E-state index in [0.717, 1.165) is 6.07 Å². The molecule has 2 N–H and O–H groups in total. The molecule has 16 heavy (non-hydrogen) atoms. The van der Waals surface area contributed by atoms with E-state index in [4.69, 9.17) is 17.3 Å². The van der Waals surface area contributed by atoms with Crippen LogP contribution in [-0.4, -0.2) is 4.98 Å². The molecule has 0 aromatic carbocycles. The first-order valence-electron chi connectivity index (χ1n) is 4.57. The summed E-state index contributed by atoms with van der Waals surface area (Å²) in [6, 6.07) is 1.01. The van der Waals surface area contributed by atoms with Crippen molar-refractivity contribution >= 4 is 17.4 Å². The van der Waals surface area contributed by atoms with Crippen LogP contribution in [0.15, 0.2) is 6.07 Å². The highest BCUT2D eigenvalue weighted by molar-refractivity contribution is 6.31. The van der Waals surface area contributed by atoms with E-state index in [9.17, 15) is 13.2 Å². The minimum absolute atomic E-state index is 0.0112. The average molecular weight is 253 g/mol. The molecule has 0 saturated carbocycles. The zero-order valence-corrected chi connectivity index (χ0v) is 9.87. The Morgan fingerprint density at radius 3 is 2.12 bits per heavy atom. The van der Waals surface area contributed by atoms with Crippen LogP contribution < -0.4 is 5.73 Å². The zero-order chi connectivity index (χ0) is 12.7. The molecule has 1 aromatic rings. The molecular formula is C10H12ClF3N2. The smallest absolute Gasteiger partial charge is 0.384 e. The standard InChI is InChI=1S/C10H12ClF3N2/c1-9(2,3)8-7(10(12,13)14)5(11)4-6(15)16-8/h4H,1-3H3,(H2,15,16). The molecule has 0 radical (unpaired) electrons. The average Bonchev–Trinajstić information content (AvgIpc) is 1.97. The van der Waals surface area contributed by atoms with E-state index in [-0.39, 0.29) is 11.5 Å². The second-order valence-electron chi connectivity index (χ2n) is 4.50. The van der Waals surface area contributed by atoms with Gasteiger partial charge in [0.25, 0.3) is 0 Å². The fraction of sp³-hybridized carbons (Fsp3) is 0.500. The molecule has 0 saturated heterocycles. The summed E-state index contributed by atoms with van der Waals surface area (Å²) in [5.74, 6) is -0.0112. The largest absolute Gasteiger partial charge is 0.419 e. The number of hydrogen-bond donors (Lipinski definition) is 1. The number of alkyl halides is 3. The molecule has 2 nitrogen and oxygen atoms in total. The number of anilines is 1. The van der Waals surface area contributed by atoms with Crippen molar-refractivity contribution in [1.82, 2.24) is 4.98 Å². The molecule has 0 spiro atoms. The molecule has 0 aliphatic rings. The third-order valence-corrected chi connectivity index (χ3v) is 2.28. The van der Waals surface area contributed by atoms with Gasteiger partial charge >= 0.3 is 6.18 Å². The summed E-state index contributed by atoms with van der Waals surface area (Å²) in [6.45, 7) is 4.88. The maximum absolute atomic E-state index is 12.8. The van der Waals surface area contributed by atoms with E-state index in [1.54, 1.807) is 20.8 Å². The molecule has 90 valence electrons. The highest BCUT2D eigenvalue weighted by atomic mass is 35.5. The van der Waals surface area contributed by atoms with Crippen LogP contribution in [0.4, 0.5) is 19.0 Å². The SMILES string of the molecule is CC(C)(C)c1nc(N)cc(Cl)c1C(F)(F)F. The van der Waals surface area contributed by atoms with Gasteiger partial charge in [0, 0.05) is 5.41 Å². The fourth-order valence-corrected chi connectivity index (χ4v) is 1.65. The lowest BCUT2D eigenvalue weighted by Gasteiger charge is -2.23. The van der Waals surface area contributed by atoms with Gasteiger partial charge in [0.15, 0.2) is 0 Å². The highest BCUT2D eigenvalue weighted by Crippen LogP contribution is 2.41. The van der Waals surface area contributed by atoms with E-state index in [1.165, 1.54) is 0 Å². The Bertz CT molecular complexity index is 408. The Kier molecular flexibility index (Phi) is 3.11. The van der Waals surface area contributed by atoms with Crippen molar-refractivity contribution in [2.75, 3.05) is 5.73 Å². The number of nitrogens with two attached hydrogens (primary N) is 1. The summed E-state index contributed by atoms with van der Waals surface area (Å²) in [7, 11) is 0. The molecule has 0 amide bonds. The van der Waals surface area contributed by atoms with Crippen molar-refractivity contribution in [3.05, 3.63) is 22.3 Å². The molecule has 0 aliphatic heterocycles. The molecule has 6 heteroatoms. The molecule has 1 heterocycles. The van der Waals surface area contributed by atoms with Gasteiger partial charge < -0.3 is 5.73 Å². The Hall–Kier alpha value is -0.970. The Morgan fingerprint density at radius 1 is 1.25 bits per heavy atom. The Labute approximate surface area is 96.6 Å². The summed E-state index contributed by atoms with van der Waals surface area (Å²) < 4.78 is 38.4. The van der Waals surface area contributed by atoms with Crippen molar-refractivity contribution in [3.63, 3.8) is 0 Å². The van der Waals surface area contributed by atoms with Gasteiger partial charge in [0.05, 0.1) is 16.3 Å². The maximum atomic E-state index is 12.8. The van der Waals surface area contributed by atoms with E-state index in [1.807, 2.05) is 0 Å². The zero-order valence-electron chi connectivity index (χ0n) is 9.11. The van der Waals surface area contributed by atoms with Gasteiger partial charge in [0.2, 0.25) is 0 Å². The second-order valence-corrected chi connectivity index (χ2v) is 4.91. The van der Waals surface area contributed by atoms with Crippen LogP contribution in [0.2, 0.25) is 5.02 Å². The van der Waals surface area contributed by atoms with Crippen LogP contribution in [0.1, 0.15) is 32.0 Å². The van der Waals surface area contributed by atoms with Gasteiger partial charge in [-0.05, 0) is 6.07 Å². The summed E-state index contributed by atoms with van der Waals surface area (Å²) in [6.07, 6.45) is -4.53. The van der Waals surface area contributed by atoms with Gasteiger partial charge in [0.1, 0.15) is 5.82 Å². The number of rotatable bonds is 0. The molecule has 0 bridgehead atoms. The summed E-state index contributed by atoms with van der Waals surface area (Å²) >= 11 is 5.59. The van der Waals surface area contributed by atoms with E-state index < -0.39 is 22.2 Å². The lowest BCUT2D eigenvalue weighted by Crippen LogP contribution is -2.22. The lowest BCUT2D eigenvalue weighted by atomic mass is 9.88. The lowest BCUT2D eigenvalue weighted by molar-refractivity contribution is -0.138. The second kappa shape index (κ2) is 3.80. The normalized spacial score (nSPS) is 12.9. The minimum atomic E-state index is -4.53. The van der Waals surface area contributed by atoms with Gasteiger partial charge in [-0.2, -0.15) is 13.2 Å². The first kappa shape index (κ1) is 13.1. The number of halogens is 4. The van der Waals surface area contributed by atoms with E-state index in [0.29, 0.717) is 0 Å². The predicted molar refractivity (Wildman–Crippen MR) is 57.4 cm³/mol.